The lowest BCUT2D eigenvalue weighted by Crippen LogP contribution is -2.38. The summed E-state index contributed by atoms with van der Waals surface area (Å²) in [6.45, 7) is 9.12. The van der Waals surface area contributed by atoms with Crippen LogP contribution >= 0.6 is 11.3 Å². The molecule has 0 spiro atoms. The molecule has 2 N–H and O–H groups in total. The van der Waals surface area contributed by atoms with Crippen molar-refractivity contribution < 1.29 is 27.5 Å². The van der Waals surface area contributed by atoms with Gasteiger partial charge in [-0.1, -0.05) is 0 Å². The molecule has 2 aromatic heterocycles. The molecule has 0 aromatic carbocycles. The van der Waals surface area contributed by atoms with Gasteiger partial charge in [-0.05, 0) is 98.1 Å². The molecule has 0 unspecified atom stereocenters. The average molecular weight is 685 g/mol. The van der Waals surface area contributed by atoms with Crippen LogP contribution in [0.4, 0.5) is 15.4 Å². The van der Waals surface area contributed by atoms with Crippen molar-refractivity contribution in [2.24, 2.45) is 4.40 Å². The number of aromatic nitrogens is 3. The summed E-state index contributed by atoms with van der Waals surface area (Å²) < 4.78 is 42.6. The van der Waals surface area contributed by atoms with Crippen LogP contribution in [0.25, 0.3) is 5.57 Å². The first-order valence-electron chi connectivity index (χ1n) is 16.5. The fourth-order valence-electron chi connectivity index (χ4n) is 5.84. The lowest BCUT2D eigenvalue weighted by atomic mass is 9.86. The zero-order valence-corrected chi connectivity index (χ0v) is 29.2. The minimum atomic E-state index is -3.64. The Morgan fingerprint density at radius 3 is 2.38 bits per heavy atom. The number of nitrogens with one attached hydrogen (secondary N) is 2. The Morgan fingerprint density at radius 2 is 1.74 bits per heavy atom. The highest BCUT2D eigenvalue weighted by Gasteiger charge is 2.37. The van der Waals surface area contributed by atoms with Gasteiger partial charge in [0.05, 0.1) is 32.6 Å². The lowest BCUT2D eigenvalue weighted by Gasteiger charge is -2.28. The minimum absolute atomic E-state index is 0.0799. The molecule has 1 amide bonds. The highest BCUT2D eigenvalue weighted by molar-refractivity contribution is 7.91. The summed E-state index contributed by atoms with van der Waals surface area (Å²) >= 11 is 1.57. The summed E-state index contributed by atoms with van der Waals surface area (Å²) in [5, 5.41) is 11.4. The predicted molar refractivity (Wildman–Crippen MR) is 181 cm³/mol. The summed E-state index contributed by atoms with van der Waals surface area (Å²) in [6.07, 6.45) is 11.5. The maximum absolute atomic E-state index is 13.1. The molecular formula is C33H44N6O6S2. The smallest absolute Gasteiger partial charge is 0.435 e. The molecule has 3 fully saturated rings. The molecule has 14 heteroatoms. The molecule has 0 saturated heterocycles. The highest BCUT2D eigenvalue weighted by atomic mass is 32.2. The van der Waals surface area contributed by atoms with Crippen LogP contribution < -0.4 is 10.6 Å². The minimum Gasteiger partial charge on any atom is -0.447 e. The van der Waals surface area contributed by atoms with Crippen molar-refractivity contribution in [2.75, 3.05) is 5.32 Å². The molecule has 2 heterocycles. The molecule has 4 aliphatic carbocycles. The van der Waals surface area contributed by atoms with Gasteiger partial charge in [0.1, 0.15) is 5.60 Å². The second kappa shape index (κ2) is 13.2. The molecule has 3 saturated carbocycles. The molecule has 12 nitrogen and oxygen atoms in total. The first-order chi connectivity index (χ1) is 22.2. The van der Waals surface area contributed by atoms with Crippen LogP contribution in [-0.2, 0) is 19.5 Å². The number of carbonyl (C=O) groups excluding carboxylic acids is 2. The number of thiazole rings is 1. The van der Waals surface area contributed by atoms with E-state index in [4.69, 9.17) is 14.5 Å². The van der Waals surface area contributed by atoms with Crippen molar-refractivity contribution >= 4 is 50.6 Å². The van der Waals surface area contributed by atoms with Gasteiger partial charge in [0, 0.05) is 47.8 Å². The summed E-state index contributed by atoms with van der Waals surface area (Å²) in [4.78, 5) is 30.6. The number of alkyl carbamates (subject to hydrolysis) is 1. The number of sulfonamides is 1. The van der Waals surface area contributed by atoms with Gasteiger partial charge in [0.2, 0.25) is 0 Å². The van der Waals surface area contributed by atoms with Crippen LogP contribution in [0.15, 0.2) is 34.5 Å². The van der Waals surface area contributed by atoms with Gasteiger partial charge >= 0.3 is 12.2 Å². The Balaban J connectivity index is 1.20. The number of nitrogens with zero attached hydrogens (tertiary/aromatic N) is 4. The summed E-state index contributed by atoms with van der Waals surface area (Å²) in [7, 11) is -3.64. The number of anilines is 1. The third kappa shape index (κ3) is 8.50. The Bertz CT molecular complexity index is 1710. The van der Waals surface area contributed by atoms with E-state index in [0.717, 1.165) is 65.4 Å². The van der Waals surface area contributed by atoms with Crippen molar-refractivity contribution in [2.45, 2.75) is 127 Å². The first kappa shape index (κ1) is 33.4. The van der Waals surface area contributed by atoms with Crippen LogP contribution in [0.5, 0.6) is 0 Å². The van der Waals surface area contributed by atoms with Crippen molar-refractivity contribution in [3.63, 3.8) is 0 Å². The van der Waals surface area contributed by atoms with Gasteiger partial charge in [-0.3, -0.25) is 0 Å². The summed E-state index contributed by atoms with van der Waals surface area (Å²) in [5.41, 5.74) is 2.08. The van der Waals surface area contributed by atoms with E-state index >= 15 is 0 Å². The number of carbonyl (C=O) groups is 2. The number of hydrogen-bond donors (Lipinski definition) is 2. The second-order valence-electron chi connectivity index (χ2n) is 14.2. The molecule has 4 aliphatic rings. The van der Waals surface area contributed by atoms with E-state index in [0.29, 0.717) is 24.4 Å². The van der Waals surface area contributed by atoms with Gasteiger partial charge in [0.15, 0.2) is 5.82 Å². The third-order valence-corrected chi connectivity index (χ3v) is 11.4. The number of ether oxygens (including phenoxy) is 2. The molecule has 0 atom stereocenters. The zero-order chi connectivity index (χ0) is 33.5. The molecule has 47 heavy (non-hydrogen) atoms. The number of hydrogen-bond acceptors (Lipinski definition) is 10. The van der Waals surface area contributed by atoms with Crippen molar-refractivity contribution in [3.8, 4) is 0 Å². The van der Waals surface area contributed by atoms with Crippen molar-refractivity contribution in [1.29, 1.82) is 0 Å². The number of allylic oxidation sites excluding steroid dienone is 4. The fourth-order valence-corrected chi connectivity index (χ4v) is 8.33. The lowest BCUT2D eigenvalue weighted by molar-refractivity contribution is 0.0509. The van der Waals surface area contributed by atoms with E-state index < -0.39 is 27.0 Å². The SMILES string of the molecule is CC(C)OC(=O)NC1CCC(c2ncc(C3=CC=C(Nc4cc(C5CC5)n(C(=O)OC(C)(C)C)n4)CC3=NS(=O)(=O)C3CC3)s2)CC1. The molecule has 0 aliphatic heterocycles. The topological polar surface area (TPSA) is 154 Å². The molecule has 6 rings (SSSR count). The van der Waals surface area contributed by atoms with E-state index in [1.54, 1.807) is 11.3 Å². The maximum Gasteiger partial charge on any atom is 0.435 e. The normalized spacial score (nSPS) is 22.9. The summed E-state index contributed by atoms with van der Waals surface area (Å²) in [5.74, 6) is 1.01. The Morgan fingerprint density at radius 1 is 1.04 bits per heavy atom. The Hall–Kier alpha value is -3.52. The molecular weight excluding hydrogens is 641 g/mol. The average Bonchev–Trinajstić information content (AvgIpc) is 3.91. The van der Waals surface area contributed by atoms with E-state index in [1.807, 2.05) is 59.0 Å². The van der Waals surface area contributed by atoms with Crippen LogP contribution in [0, 0.1) is 0 Å². The summed E-state index contributed by atoms with van der Waals surface area (Å²) in [6, 6.07) is 1.95. The van der Waals surface area contributed by atoms with Gasteiger partial charge in [0.25, 0.3) is 10.0 Å². The Labute approximate surface area is 280 Å². The van der Waals surface area contributed by atoms with Gasteiger partial charge in [-0.2, -0.15) is 9.08 Å². The number of rotatable bonds is 9. The second-order valence-corrected chi connectivity index (χ2v) is 17.1. The highest BCUT2D eigenvalue weighted by Crippen LogP contribution is 2.42. The fraction of sp³-hybridized carbons (Fsp3) is 0.606. The number of amides is 1. The standard InChI is InChI=1S/C33H44N6O6S2/c1-19(2)44-31(40)36-22-10-8-21(9-11-22)30-34-18-28(46-30)25-15-12-23(16-26(25)38-47(42,43)24-13-14-24)35-29-17-27(20-6-7-20)39(37-29)32(41)45-33(3,4)5/h12,15,17-22,24H,6-11,13-14,16H2,1-5H3,(H,35,37)(H,36,40). The molecule has 0 radical (unpaired) electrons. The van der Waals surface area contributed by atoms with Crippen LogP contribution in [0.1, 0.15) is 120 Å². The van der Waals surface area contributed by atoms with Gasteiger partial charge in [-0.25, -0.2) is 23.0 Å². The van der Waals surface area contributed by atoms with E-state index in [9.17, 15) is 18.0 Å². The van der Waals surface area contributed by atoms with Crippen LogP contribution in [0.2, 0.25) is 0 Å². The van der Waals surface area contributed by atoms with Crippen molar-refractivity contribution in [3.05, 3.63) is 45.7 Å². The van der Waals surface area contributed by atoms with Gasteiger partial charge < -0.3 is 20.1 Å². The van der Waals surface area contributed by atoms with Crippen LogP contribution in [-0.4, -0.2) is 64.1 Å². The largest absolute Gasteiger partial charge is 0.447 e. The van der Waals surface area contributed by atoms with Crippen LogP contribution in [0.3, 0.4) is 0 Å². The predicted octanol–water partition coefficient (Wildman–Crippen LogP) is 6.88. The van der Waals surface area contributed by atoms with E-state index in [1.165, 1.54) is 4.68 Å². The molecule has 2 aromatic rings. The van der Waals surface area contributed by atoms with E-state index in [-0.39, 0.29) is 36.5 Å². The zero-order valence-electron chi connectivity index (χ0n) is 27.6. The first-order valence-corrected chi connectivity index (χ1v) is 18.8. The van der Waals surface area contributed by atoms with E-state index in [2.05, 4.69) is 20.1 Å². The van der Waals surface area contributed by atoms with Crippen molar-refractivity contribution in [1.82, 2.24) is 20.1 Å². The molecule has 0 bridgehead atoms. The monoisotopic (exact) mass is 684 g/mol. The maximum atomic E-state index is 13.1. The Kier molecular flexibility index (Phi) is 9.36. The quantitative estimate of drug-likeness (QED) is 0.288. The third-order valence-electron chi connectivity index (χ3n) is 8.42. The van der Waals surface area contributed by atoms with Gasteiger partial charge in [-0.15, -0.1) is 16.4 Å². The molecule has 254 valence electrons.